The maximum atomic E-state index is 9.78. The summed E-state index contributed by atoms with van der Waals surface area (Å²) in [7, 11) is 0. The van der Waals surface area contributed by atoms with Crippen molar-refractivity contribution in [3.8, 4) is 23.3 Å². The SMILES string of the molecule is CCN(CC)CCCOc1cc2nccc(Oc3ccc4c(ccn4OCN/C=N/C=C\S)c3)c2cc1C#N. The summed E-state index contributed by atoms with van der Waals surface area (Å²) in [6.07, 6.45) is 7.50. The molecule has 39 heavy (non-hydrogen) atoms. The lowest BCUT2D eigenvalue weighted by Gasteiger charge is -2.18. The minimum atomic E-state index is 0.248. The molecular formula is C29H32N6O3S. The minimum absolute atomic E-state index is 0.248. The lowest BCUT2D eigenvalue weighted by atomic mass is 10.1. The maximum Gasteiger partial charge on any atom is 0.185 e. The number of benzene rings is 2. The number of pyridine rings is 1. The summed E-state index contributed by atoms with van der Waals surface area (Å²) in [6, 6.07) is 15.3. The molecule has 1 N–H and O–H groups in total. The summed E-state index contributed by atoms with van der Waals surface area (Å²) < 4.78 is 13.9. The van der Waals surface area contributed by atoms with Gasteiger partial charge in [-0.05, 0) is 61.3 Å². The molecule has 2 aromatic heterocycles. The van der Waals surface area contributed by atoms with Crippen LogP contribution in [0.25, 0.3) is 21.8 Å². The third kappa shape index (κ3) is 7.22. The van der Waals surface area contributed by atoms with Crippen molar-refractivity contribution in [3.05, 3.63) is 72.0 Å². The molecule has 0 aliphatic heterocycles. The summed E-state index contributed by atoms with van der Waals surface area (Å²) in [5.74, 6) is 1.81. The summed E-state index contributed by atoms with van der Waals surface area (Å²) in [5.41, 5.74) is 2.05. The van der Waals surface area contributed by atoms with E-state index in [-0.39, 0.29) is 6.73 Å². The molecule has 0 bridgehead atoms. The van der Waals surface area contributed by atoms with Crippen LogP contribution >= 0.6 is 12.6 Å². The van der Waals surface area contributed by atoms with E-state index in [1.165, 1.54) is 11.7 Å². The van der Waals surface area contributed by atoms with Crippen molar-refractivity contribution in [3.63, 3.8) is 0 Å². The second-order valence-electron chi connectivity index (χ2n) is 8.53. The second kappa shape index (κ2) is 14.1. The van der Waals surface area contributed by atoms with Crippen molar-refractivity contribution in [1.82, 2.24) is 19.9 Å². The highest BCUT2D eigenvalue weighted by atomic mass is 32.1. The van der Waals surface area contributed by atoms with Gasteiger partial charge in [-0.1, -0.05) is 13.8 Å². The van der Waals surface area contributed by atoms with E-state index >= 15 is 0 Å². The zero-order chi connectivity index (χ0) is 27.5. The minimum Gasteiger partial charge on any atom is -0.492 e. The fraction of sp³-hybridized carbons (Fsp3) is 0.276. The van der Waals surface area contributed by atoms with E-state index in [2.05, 4.69) is 52.7 Å². The topological polar surface area (TPSA) is 96.9 Å². The van der Waals surface area contributed by atoms with E-state index in [1.807, 2.05) is 36.5 Å². The number of thiol groups is 1. The number of rotatable bonds is 14. The number of nitriles is 1. The Hall–Kier alpha value is -4.20. The van der Waals surface area contributed by atoms with Gasteiger partial charge in [0.1, 0.15) is 23.3 Å². The standard InChI is InChI=1S/C29H32N6O3S/c1-3-34(4-2)12-5-14-36-29-18-26-25(17-23(29)19-30)28(8-10-33-26)38-24-6-7-27-22(16-24)9-13-35(27)37-21-32-20-31-11-15-39/h6-11,13,15-18,20,39H,3-5,12,14,21H2,1-2H3,(H,31,32)/b15-11-. The Kier molecular flexibility index (Phi) is 10.1. The average molecular weight is 545 g/mol. The van der Waals surface area contributed by atoms with Gasteiger partial charge in [-0.15, -0.1) is 12.6 Å². The second-order valence-corrected chi connectivity index (χ2v) is 8.83. The first-order chi connectivity index (χ1) is 19.2. The fourth-order valence-electron chi connectivity index (χ4n) is 4.13. The van der Waals surface area contributed by atoms with Gasteiger partial charge in [0.05, 0.1) is 29.5 Å². The predicted octanol–water partition coefficient (Wildman–Crippen LogP) is 5.37. The molecule has 9 nitrogen and oxygen atoms in total. The lowest BCUT2D eigenvalue weighted by Crippen LogP contribution is -2.25. The first-order valence-corrected chi connectivity index (χ1v) is 13.3. The average Bonchev–Trinajstić information content (AvgIpc) is 3.36. The Bertz CT molecular complexity index is 1490. The van der Waals surface area contributed by atoms with Crippen molar-refractivity contribution in [1.29, 1.82) is 5.26 Å². The molecule has 2 aromatic carbocycles. The molecule has 4 rings (SSSR count). The van der Waals surface area contributed by atoms with Crippen molar-refractivity contribution < 1.29 is 14.3 Å². The van der Waals surface area contributed by atoms with Crippen LogP contribution in [0.5, 0.6) is 17.2 Å². The number of ether oxygens (including phenoxy) is 2. The molecule has 0 spiro atoms. The van der Waals surface area contributed by atoms with E-state index < -0.39 is 0 Å². The molecule has 0 saturated carbocycles. The molecule has 0 aliphatic carbocycles. The third-order valence-electron chi connectivity index (χ3n) is 6.15. The maximum absolute atomic E-state index is 9.78. The molecule has 0 atom stereocenters. The lowest BCUT2D eigenvalue weighted by molar-refractivity contribution is 0.116. The van der Waals surface area contributed by atoms with E-state index in [0.717, 1.165) is 42.3 Å². The number of aliphatic imine (C=N–C) groups is 1. The molecule has 0 aliphatic rings. The van der Waals surface area contributed by atoms with Crippen molar-refractivity contribution in [2.75, 3.05) is 33.0 Å². The summed E-state index contributed by atoms with van der Waals surface area (Å²) >= 11 is 3.94. The molecule has 0 amide bonds. The highest BCUT2D eigenvalue weighted by Crippen LogP contribution is 2.34. The van der Waals surface area contributed by atoms with Crippen LogP contribution in [0.15, 0.2) is 71.5 Å². The van der Waals surface area contributed by atoms with Crippen molar-refractivity contribution in [2.45, 2.75) is 20.3 Å². The molecule has 0 saturated heterocycles. The Morgan fingerprint density at radius 2 is 2.03 bits per heavy atom. The van der Waals surface area contributed by atoms with E-state index in [1.54, 1.807) is 29.3 Å². The van der Waals surface area contributed by atoms with Crippen LogP contribution in [0.1, 0.15) is 25.8 Å². The number of nitrogens with one attached hydrogen (secondary N) is 1. The number of hydrogen-bond acceptors (Lipinski definition) is 8. The largest absolute Gasteiger partial charge is 0.492 e. The number of nitrogens with zero attached hydrogens (tertiary/aromatic N) is 5. The predicted molar refractivity (Wildman–Crippen MR) is 158 cm³/mol. The number of aromatic nitrogens is 2. The number of hydrogen-bond donors (Lipinski definition) is 2. The summed E-state index contributed by atoms with van der Waals surface area (Å²) in [5, 5.41) is 16.0. The Morgan fingerprint density at radius 3 is 2.82 bits per heavy atom. The van der Waals surface area contributed by atoms with Gasteiger partial charge < -0.3 is 24.5 Å². The molecule has 4 aromatic rings. The van der Waals surface area contributed by atoms with Gasteiger partial charge in [-0.2, -0.15) is 9.99 Å². The molecule has 0 radical (unpaired) electrons. The molecule has 0 unspecified atom stereocenters. The van der Waals surface area contributed by atoms with Gasteiger partial charge in [0, 0.05) is 42.0 Å². The van der Waals surface area contributed by atoms with Crippen LogP contribution in [0.2, 0.25) is 0 Å². The van der Waals surface area contributed by atoms with Crippen molar-refractivity contribution in [2.24, 2.45) is 4.99 Å². The zero-order valence-electron chi connectivity index (χ0n) is 22.1. The van der Waals surface area contributed by atoms with Crippen LogP contribution in [0.4, 0.5) is 0 Å². The van der Waals surface area contributed by atoms with Crippen LogP contribution in [-0.4, -0.2) is 53.9 Å². The highest BCUT2D eigenvalue weighted by Gasteiger charge is 2.13. The molecule has 10 heteroatoms. The van der Waals surface area contributed by atoms with Crippen LogP contribution < -0.4 is 19.6 Å². The Morgan fingerprint density at radius 1 is 1.15 bits per heavy atom. The first kappa shape index (κ1) is 27.8. The van der Waals surface area contributed by atoms with E-state index in [0.29, 0.717) is 34.9 Å². The quantitative estimate of drug-likeness (QED) is 0.0724. The zero-order valence-corrected chi connectivity index (χ0v) is 23.0. The smallest absolute Gasteiger partial charge is 0.185 e. The van der Waals surface area contributed by atoms with Gasteiger partial charge >= 0.3 is 0 Å². The number of fused-ring (bicyclic) bond motifs is 2. The molecule has 2 heterocycles. The molecule has 202 valence electrons. The van der Waals surface area contributed by atoms with Gasteiger partial charge in [-0.3, -0.25) is 4.98 Å². The van der Waals surface area contributed by atoms with Crippen LogP contribution in [-0.2, 0) is 0 Å². The highest BCUT2D eigenvalue weighted by molar-refractivity contribution is 7.83. The Balaban J connectivity index is 1.46. The normalized spacial score (nSPS) is 11.6. The molecule has 0 fully saturated rings. The molecular weight excluding hydrogens is 512 g/mol. The van der Waals surface area contributed by atoms with Gasteiger partial charge in [0.15, 0.2) is 6.73 Å². The van der Waals surface area contributed by atoms with E-state index in [9.17, 15) is 5.26 Å². The van der Waals surface area contributed by atoms with Gasteiger partial charge in [0.25, 0.3) is 0 Å². The van der Waals surface area contributed by atoms with Gasteiger partial charge in [-0.25, -0.2) is 4.99 Å². The monoisotopic (exact) mass is 544 g/mol. The first-order valence-electron chi connectivity index (χ1n) is 12.8. The van der Waals surface area contributed by atoms with Crippen molar-refractivity contribution >= 4 is 40.8 Å². The summed E-state index contributed by atoms with van der Waals surface area (Å²) in [4.78, 5) is 16.5. The third-order valence-corrected chi connectivity index (χ3v) is 6.29. The van der Waals surface area contributed by atoms with Crippen LogP contribution in [0, 0.1) is 11.3 Å². The van der Waals surface area contributed by atoms with E-state index in [4.69, 9.17) is 14.3 Å². The van der Waals surface area contributed by atoms with Gasteiger partial charge in [0.2, 0.25) is 0 Å². The summed E-state index contributed by atoms with van der Waals surface area (Å²) in [6.45, 7) is 8.06. The van der Waals surface area contributed by atoms with Crippen LogP contribution in [0.3, 0.4) is 0 Å². The Labute approximate surface area is 233 Å². The fourth-order valence-corrected chi connectivity index (χ4v) is 4.21.